The van der Waals surface area contributed by atoms with Crippen molar-refractivity contribution in [1.29, 1.82) is 0 Å². The molecule has 1 aliphatic carbocycles. The van der Waals surface area contributed by atoms with Gasteiger partial charge in [0, 0.05) is 18.2 Å². The van der Waals surface area contributed by atoms with E-state index in [1.807, 2.05) is 36.4 Å². The average Bonchev–Trinajstić information content (AvgIpc) is 3.50. The Hall–Kier alpha value is -3.67. The van der Waals surface area contributed by atoms with E-state index in [9.17, 15) is 9.90 Å². The van der Waals surface area contributed by atoms with Crippen LogP contribution in [0.3, 0.4) is 0 Å². The van der Waals surface area contributed by atoms with Gasteiger partial charge in [0.15, 0.2) is 5.67 Å². The molecule has 1 heterocycles. The number of halogens is 4. The molecule has 0 saturated heterocycles. The van der Waals surface area contributed by atoms with Crippen LogP contribution in [0.4, 0.5) is 4.39 Å². The molecule has 1 aliphatic rings. The molecule has 0 bridgehead atoms. The molecule has 4 aromatic rings. The van der Waals surface area contributed by atoms with Crippen molar-refractivity contribution in [2.24, 2.45) is 0 Å². The third-order valence-electron chi connectivity index (χ3n) is 7.02. The van der Waals surface area contributed by atoms with Gasteiger partial charge in [0.25, 0.3) is 0 Å². The summed E-state index contributed by atoms with van der Waals surface area (Å²) in [5.74, 6) is -0.0580. The number of carbonyl (C=O) groups excluding carboxylic acids is 1. The van der Waals surface area contributed by atoms with Crippen LogP contribution in [-0.4, -0.2) is 58.3 Å². The zero-order chi connectivity index (χ0) is 31.1. The van der Waals surface area contributed by atoms with Crippen LogP contribution in [0.25, 0.3) is 16.6 Å². The fourth-order valence-electron chi connectivity index (χ4n) is 4.66. The van der Waals surface area contributed by atoms with Crippen LogP contribution < -0.4 is 14.8 Å². The van der Waals surface area contributed by atoms with Crippen LogP contribution in [0.2, 0.25) is 5.02 Å². The number of aliphatic hydroxyl groups excluding tert-OH is 1. The van der Waals surface area contributed by atoms with Crippen molar-refractivity contribution in [3.8, 4) is 11.5 Å². The minimum atomic E-state index is -2.03. The summed E-state index contributed by atoms with van der Waals surface area (Å²) in [7, 11) is 0. The van der Waals surface area contributed by atoms with Gasteiger partial charge in [-0.25, -0.2) is 9.02 Å². The van der Waals surface area contributed by atoms with Crippen LogP contribution in [0, 0.1) is 0 Å². The number of aliphatic hydroxyl groups is 1. The lowest BCUT2D eigenvalue weighted by atomic mass is 9.87. The molecule has 3 atom stereocenters. The minimum absolute atomic E-state index is 0. The number of alkyl halides is 2. The summed E-state index contributed by atoms with van der Waals surface area (Å²) < 4.78 is 38.1. The highest BCUT2D eigenvalue weighted by Gasteiger charge is 2.41. The van der Waals surface area contributed by atoms with Gasteiger partial charge in [0.1, 0.15) is 47.2 Å². The van der Waals surface area contributed by atoms with E-state index >= 15 is 4.39 Å². The summed E-state index contributed by atoms with van der Waals surface area (Å²) in [6.45, 7) is 1.19. The molecular formula is C32H31Cl3FN3O6. The first-order chi connectivity index (χ1) is 21.3. The number of nitrogens with zero attached hydrogens (tertiary/aromatic N) is 2. The second-order valence-corrected chi connectivity index (χ2v) is 10.9. The molecule has 0 radical (unpaired) electrons. The van der Waals surface area contributed by atoms with Crippen LogP contribution in [-0.2, 0) is 22.7 Å². The molecule has 3 aromatic carbocycles. The Morgan fingerprint density at radius 2 is 1.89 bits per heavy atom. The van der Waals surface area contributed by atoms with Crippen molar-refractivity contribution in [1.82, 2.24) is 15.6 Å². The van der Waals surface area contributed by atoms with E-state index < -0.39 is 36.3 Å². The van der Waals surface area contributed by atoms with Gasteiger partial charge in [-0.3, -0.25) is 10.1 Å². The number of carbonyl (C=O) groups is 1. The number of ether oxygens (including phenoxy) is 3. The predicted molar refractivity (Wildman–Crippen MR) is 172 cm³/mol. The Balaban J connectivity index is 0.00000461. The second kappa shape index (κ2) is 15.6. The molecule has 13 heteroatoms. The highest BCUT2D eigenvalue weighted by Crippen LogP contribution is 2.39. The van der Waals surface area contributed by atoms with E-state index in [0.717, 1.165) is 11.1 Å². The maximum absolute atomic E-state index is 16.2. The number of fused-ring (bicyclic) bond motifs is 1. The first-order valence-corrected chi connectivity index (χ1v) is 14.7. The number of esters is 1. The van der Waals surface area contributed by atoms with Crippen molar-refractivity contribution in [2.45, 2.75) is 37.2 Å². The molecule has 1 aromatic heterocycles. The van der Waals surface area contributed by atoms with Gasteiger partial charge in [-0.1, -0.05) is 60.2 Å². The molecule has 45 heavy (non-hydrogen) atoms. The normalized spacial score (nSPS) is 18.2. The van der Waals surface area contributed by atoms with Crippen LogP contribution >= 0.6 is 35.6 Å². The maximum atomic E-state index is 16.2. The van der Waals surface area contributed by atoms with E-state index in [1.165, 1.54) is 6.08 Å². The topological polar surface area (TPSA) is 116 Å². The molecule has 5 rings (SSSR count). The lowest BCUT2D eigenvalue weighted by Crippen LogP contribution is -2.40. The molecule has 0 amide bonds. The summed E-state index contributed by atoms with van der Waals surface area (Å²) in [4.78, 5) is 12.2. The lowest BCUT2D eigenvalue weighted by Gasteiger charge is -2.31. The van der Waals surface area contributed by atoms with Crippen molar-refractivity contribution in [2.75, 3.05) is 19.8 Å². The Kier molecular flexibility index (Phi) is 11.8. The number of hydrogen-bond donors (Lipinski definition) is 2. The van der Waals surface area contributed by atoms with Gasteiger partial charge in [0.2, 0.25) is 0 Å². The highest BCUT2D eigenvalue weighted by atomic mass is 35.5. The molecular weight excluding hydrogens is 648 g/mol. The third-order valence-corrected chi connectivity index (χ3v) is 7.91. The first-order valence-electron chi connectivity index (χ1n) is 13.9. The maximum Gasteiger partial charge on any atom is 0.325 e. The number of allylic oxidation sites excluding steroid dienone is 3. The summed E-state index contributed by atoms with van der Waals surface area (Å²) in [5.41, 5.74) is 1.94. The van der Waals surface area contributed by atoms with Gasteiger partial charge in [-0.2, -0.15) is 0 Å². The Bertz CT molecular complexity index is 1670. The standard InChI is InChI=1S/C32H30Cl2FN3O6.ClH/c1-2-41-31(40)27(17-39)36-16-22-14-24(33)29(15-28(22)42-18-20-10-11-25-26(13-20)38-44-37-25)43-19-32(35)12-6-9-23(30(32)34)21-7-4-3-5-8-21;/h3-15,27,30,36,39H,2,16-19H2,1H3;1H. The molecule has 0 saturated carbocycles. The van der Waals surface area contributed by atoms with Crippen molar-refractivity contribution in [3.05, 3.63) is 101 Å². The number of benzene rings is 3. The summed E-state index contributed by atoms with van der Waals surface area (Å²) in [6, 6.07) is 16.9. The van der Waals surface area contributed by atoms with Gasteiger partial charge in [-0.05, 0) is 58.2 Å². The molecule has 2 N–H and O–H groups in total. The molecule has 0 fully saturated rings. The zero-order valence-corrected chi connectivity index (χ0v) is 26.4. The van der Waals surface area contributed by atoms with E-state index in [0.29, 0.717) is 27.9 Å². The van der Waals surface area contributed by atoms with E-state index in [-0.39, 0.29) is 42.9 Å². The molecule has 3 unspecified atom stereocenters. The highest BCUT2D eigenvalue weighted by molar-refractivity contribution is 6.32. The Morgan fingerprint density at radius 1 is 1.11 bits per heavy atom. The van der Waals surface area contributed by atoms with Crippen LogP contribution in [0.1, 0.15) is 23.6 Å². The number of aromatic nitrogens is 2. The smallest absolute Gasteiger partial charge is 0.325 e. The van der Waals surface area contributed by atoms with Crippen molar-refractivity contribution >= 4 is 58.2 Å². The lowest BCUT2D eigenvalue weighted by molar-refractivity contribution is -0.146. The van der Waals surface area contributed by atoms with Gasteiger partial charge >= 0.3 is 5.97 Å². The summed E-state index contributed by atoms with van der Waals surface area (Å²) in [5, 5.41) is 19.5. The summed E-state index contributed by atoms with van der Waals surface area (Å²) >= 11 is 13.3. The SMILES string of the molecule is CCOC(=O)C(CO)NCc1cc(Cl)c(OCC2(F)C=CC=C(c3ccccc3)C2Cl)cc1OCc1ccc2nonc2c1.Cl. The zero-order valence-electron chi connectivity index (χ0n) is 24.1. The average molecular weight is 679 g/mol. The minimum Gasteiger partial charge on any atom is -0.488 e. The number of hydrogen-bond acceptors (Lipinski definition) is 9. The largest absolute Gasteiger partial charge is 0.488 e. The number of rotatable bonds is 13. The second-order valence-electron chi connectivity index (χ2n) is 10.1. The van der Waals surface area contributed by atoms with Crippen LogP contribution in [0.15, 0.2) is 83.5 Å². The Labute approximate surface area is 275 Å². The van der Waals surface area contributed by atoms with E-state index in [1.54, 1.807) is 43.3 Å². The monoisotopic (exact) mass is 677 g/mol. The first kappa shape index (κ1) is 34.2. The number of nitrogens with one attached hydrogen (secondary N) is 1. The van der Waals surface area contributed by atoms with Crippen molar-refractivity contribution < 1.29 is 33.1 Å². The summed E-state index contributed by atoms with van der Waals surface area (Å²) in [6.07, 6.45) is 4.78. The quantitative estimate of drug-likeness (QED) is 0.125. The fraction of sp³-hybridized carbons (Fsp3) is 0.281. The van der Waals surface area contributed by atoms with Gasteiger partial charge in [0.05, 0.1) is 18.2 Å². The predicted octanol–water partition coefficient (Wildman–Crippen LogP) is 6.24. The van der Waals surface area contributed by atoms with Gasteiger partial charge in [-0.15, -0.1) is 24.0 Å². The Morgan fingerprint density at radius 3 is 2.64 bits per heavy atom. The van der Waals surface area contributed by atoms with Crippen molar-refractivity contribution in [3.63, 3.8) is 0 Å². The van der Waals surface area contributed by atoms with E-state index in [4.69, 9.17) is 42.0 Å². The third kappa shape index (κ3) is 8.14. The molecule has 9 nitrogen and oxygen atoms in total. The fourth-order valence-corrected chi connectivity index (χ4v) is 5.23. The van der Waals surface area contributed by atoms with Gasteiger partial charge < -0.3 is 19.3 Å². The molecule has 0 spiro atoms. The molecule has 238 valence electrons. The van der Waals surface area contributed by atoms with E-state index in [2.05, 4.69) is 15.6 Å². The van der Waals surface area contributed by atoms with Crippen LogP contribution in [0.5, 0.6) is 11.5 Å². The molecule has 0 aliphatic heterocycles.